The first-order chi connectivity index (χ1) is 17.0. The van der Waals surface area contributed by atoms with Gasteiger partial charge in [-0.25, -0.2) is 8.42 Å². The number of phenolic OH excluding ortho intramolecular Hbond substituents is 1. The van der Waals surface area contributed by atoms with Crippen LogP contribution in [0.2, 0.25) is 5.02 Å². The Morgan fingerprint density at radius 3 is 2.25 bits per heavy atom. The van der Waals surface area contributed by atoms with Gasteiger partial charge < -0.3 is 15.7 Å². The minimum Gasteiger partial charge on any atom is -0.506 e. The minimum absolute atomic E-state index is 0.0173. The molecule has 3 rings (SSSR count). The second-order valence-electron chi connectivity index (χ2n) is 8.29. The molecule has 0 aliphatic heterocycles. The van der Waals surface area contributed by atoms with Crippen molar-refractivity contribution in [3.05, 3.63) is 88.5 Å². The first kappa shape index (κ1) is 27.0. The Kier molecular flexibility index (Phi) is 8.55. The van der Waals surface area contributed by atoms with Crippen molar-refractivity contribution in [1.29, 1.82) is 0 Å². The van der Waals surface area contributed by atoms with Crippen LogP contribution in [0.15, 0.2) is 77.2 Å². The van der Waals surface area contributed by atoms with E-state index in [1.54, 1.807) is 32.1 Å². The predicted octanol–water partition coefficient (Wildman–Crippen LogP) is 5.59. The van der Waals surface area contributed by atoms with Crippen LogP contribution in [0.25, 0.3) is 6.08 Å². The van der Waals surface area contributed by atoms with E-state index in [1.807, 2.05) is 37.3 Å². The number of aryl methyl sites for hydroxylation is 1. The molecule has 0 saturated heterocycles. The number of sulfone groups is 1. The number of carbonyl (C=O) groups is 2. The van der Waals surface area contributed by atoms with Crippen LogP contribution in [0.3, 0.4) is 0 Å². The van der Waals surface area contributed by atoms with Crippen molar-refractivity contribution in [1.82, 2.24) is 0 Å². The SMILES string of the molecule is CCC(C(=O)Nc1cc(O)c(NC(=O)/C(C)=C/c2ccccc2)cc1Cl)S(=O)(=O)c1ccc(C)cc1. The Morgan fingerprint density at radius 1 is 1.00 bits per heavy atom. The third kappa shape index (κ3) is 6.33. The van der Waals surface area contributed by atoms with E-state index < -0.39 is 26.9 Å². The number of benzene rings is 3. The second-order valence-corrected chi connectivity index (χ2v) is 10.8. The van der Waals surface area contributed by atoms with Gasteiger partial charge in [0, 0.05) is 11.6 Å². The molecule has 36 heavy (non-hydrogen) atoms. The lowest BCUT2D eigenvalue weighted by Crippen LogP contribution is -2.34. The maximum Gasteiger partial charge on any atom is 0.251 e. The highest BCUT2D eigenvalue weighted by molar-refractivity contribution is 7.92. The first-order valence-electron chi connectivity index (χ1n) is 11.2. The molecular weight excluding hydrogens is 500 g/mol. The Morgan fingerprint density at radius 2 is 1.64 bits per heavy atom. The van der Waals surface area contributed by atoms with E-state index in [0.29, 0.717) is 5.57 Å². The molecule has 9 heteroatoms. The lowest BCUT2D eigenvalue weighted by molar-refractivity contribution is -0.116. The standard InChI is InChI=1S/C27H27ClN2O5S/c1-4-25(36(34,35)20-12-10-17(2)11-13-20)27(33)29-22-16-24(31)23(15-21(22)28)30-26(32)18(3)14-19-8-6-5-7-9-19/h5-16,25,31H,4H2,1-3H3,(H,29,33)(H,30,32)/b18-14+. The van der Waals surface area contributed by atoms with E-state index in [-0.39, 0.29) is 33.5 Å². The van der Waals surface area contributed by atoms with Gasteiger partial charge in [-0.05, 0) is 50.1 Å². The molecule has 1 unspecified atom stereocenters. The molecule has 7 nitrogen and oxygen atoms in total. The van der Waals surface area contributed by atoms with Crippen LogP contribution in [0.1, 0.15) is 31.4 Å². The van der Waals surface area contributed by atoms with Crippen molar-refractivity contribution in [3.63, 3.8) is 0 Å². The summed E-state index contributed by atoms with van der Waals surface area (Å²) in [5.41, 5.74) is 2.21. The summed E-state index contributed by atoms with van der Waals surface area (Å²) in [5, 5.41) is 14.2. The second kappa shape index (κ2) is 11.4. The van der Waals surface area contributed by atoms with Crippen molar-refractivity contribution in [2.75, 3.05) is 10.6 Å². The fourth-order valence-electron chi connectivity index (χ4n) is 3.49. The summed E-state index contributed by atoms with van der Waals surface area (Å²) in [6.45, 7) is 5.07. The zero-order valence-electron chi connectivity index (χ0n) is 20.1. The topological polar surface area (TPSA) is 113 Å². The van der Waals surface area contributed by atoms with Crippen LogP contribution in [0.5, 0.6) is 5.75 Å². The number of amides is 2. The van der Waals surface area contributed by atoms with Crippen molar-refractivity contribution in [3.8, 4) is 5.75 Å². The number of halogens is 1. The molecule has 188 valence electrons. The van der Waals surface area contributed by atoms with Gasteiger partial charge in [0.25, 0.3) is 5.91 Å². The van der Waals surface area contributed by atoms with Gasteiger partial charge in [-0.15, -0.1) is 0 Å². The fraction of sp³-hybridized carbons (Fsp3) is 0.185. The molecule has 3 aromatic rings. The van der Waals surface area contributed by atoms with Crippen LogP contribution in [0, 0.1) is 6.92 Å². The molecule has 0 aliphatic carbocycles. The molecule has 3 aromatic carbocycles. The van der Waals surface area contributed by atoms with E-state index in [0.717, 1.165) is 17.2 Å². The van der Waals surface area contributed by atoms with Gasteiger partial charge in [0.05, 0.1) is 21.3 Å². The van der Waals surface area contributed by atoms with Gasteiger partial charge in [0.2, 0.25) is 5.91 Å². The highest BCUT2D eigenvalue weighted by Gasteiger charge is 2.33. The number of carbonyl (C=O) groups excluding carboxylic acids is 2. The van der Waals surface area contributed by atoms with Crippen molar-refractivity contribution < 1.29 is 23.1 Å². The lowest BCUT2D eigenvalue weighted by Gasteiger charge is -2.17. The molecule has 0 aromatic heterocycles. The lowest BCUT2D eigenvalue weighted by atomic mass is 10.1. The zero-order valence-corrected chi connectivity index (χ0v) is 21.7. The smallest absolute Gasteiger partial charge is 0.251 e. The van der Waals surface area contributed by atoms with E-state index in [4.69, 9.17) is 11.6 Å². The van der Waals surface area contributed by atoms with Gasteiger partial charge in [-0.2, -0.15) is 0 Å². The summed E-state index contributed by atoms with van der Waals surface area (Å²) in [7, 11) is -3.95. The number of aromatic hydroxyl groups is 1. The largest absolute Gasteiger partial charge is 0.506 e. The Hall–Kier alpha value is -3.62. The number of rotatable bonds is 8. The average Bonchev–Trinajstić information content (AvgIpc) is 2.83. The van der Waals surface area contributed by atoms with Crippen LogP contribution >= 0.6 is 11.6 Å². The highest BCUT2D eigenvalue weighted by Crippen LogP contribution is 2.34. The Labute approximate surface area is 215 Å². The number of hydrogen-bond donors (Lipinski definition) is 3. The molecule has 3 N–H and O–H groups in total. The van der Waals surface area contributed by atoms with Gasteiger partial charge in [-0.3, -0.25) is 9.59 Å². The van der Waals surface area contributed by atoms with Crippen molar-refractivity contribution in [2.24, 2.45) is 0 Å². The zero-order chi connectivity index (χ0) is 26.5. The minimum atomic E-state index is -3.95. The quantitative estimate of drug-likeness (QED) is 0.262. The average molecular weight is 527 g/mol. The van der Waals surface area contributed by atoms with Crippen LogP contribution < -0.4 is 10.6 Å². The number of hydrogen-bond acceptors (Lipinski definition) is 5. The molecule has 0 saturated carbocycles. The highest BCUT2D eigenvalue weighted by atomic mass is 35.5. The van der Waals surface area contributed by atoms with Gasteiger partial charge in [0.15, 0.2) is 9.84 Å². The summed E-state index contributed by atoms with van der Waals surface area (Å²) >= 11 is 6.29. The van der Waals surface area contributed by atoms with Crippen LogP contribution in [0.4, 0.5) is 11.4 Å². The number of nitrogens with one attached hydrogen (secondary N) is 2. The van der Waals surface area contributed by atoms with Crippen molar-refractivity contribution >= 4 is 50.7 Å². The number of anilines is 2. The molecule has 0 aliphatic rings. The van der Waals surface area contributed by atoms with Gasteiger partial charge in [-0.1, -0.05) is 66.6 Å². The normalized spacial score (nSPS) is 12.6. The van der Waals surface area contributed by atoms with Crippen LogP contribution in [-0.2, 0) is 19.4 Å². The summed E-state index contributed by atoms with van der Waals surface area (Å²) < 4.78 is 26.1. The molecular formula is C27H27ClN2O5S. The first-order valence-corrected chi connectivity index (χ1v) is 13.1. The summed E-state index contributed by atoms with van der Waals surface area (Å²) in [6.07, 6.45) is 1.73. The van der Waals surface area contributed by atoms with E-state index >= 15 is 0 Å². The number of phenols is 1. The third-order valence-corrected chi connectivity index (χ3v) is 8.06. The summed E-state index contributed by atoms with van der Waals surface area (Å²) in [5.74, 6) is -1.57. The van der Waals surface area contributed by atoms with Gasteiger partial charge in [0.1, 0.15) is 11.0 Å². The molecule has 2 amide bonds. The maximum atomic E-state index is 13.0. The molecule has 0 spiro atoms. The predicted molar refractivity (Wildman–Crippen MR) is 143 cm³/mol. The molecule has 1 atom stereocenters. The fourth-order valence-corrected chi connectivity index (χ4v) is 5.33. The Bertz CT molecular complexity index is 1400. The summed E-state index contributed by atoms with van der Waals surface area (Å²) in [4.78, 5) is 25.5. The molecule has 0 radical (unpaired) electrons. The monoisotopic (exact) mass is 526 g/mol. The van der Waals surface area contributed by atoms with E-state index in [2.05, 4.69) is 10.6 Å². The molecule has 0 bridgehead atoms. The summed E-state index contributed by atoms with van der Waals surface area (Å²) in [6, 6.07) is 18.0. The Balaban J connectivity index is 1.78. The van der Waals surface area contributed by atoms with Gasteiger partial charge >= 0.3 is 0 Å². The maximum absolute atomic E-state index is 13.0. The van der Waals surface area contributed by atoms with E-state index in [1.165, 1.54) is 18.2 Å². The molecule has 0 heterocycles. The van der Waals surface area contributed by atoms with E-state index in [9.17, 15) is 23.1 Å². The van der Waals surface area contributed by atoms with Crippen LogP contribution in [-0.4, -0.2) is 30.6 Å². The molecule has 0 fully saturated rings. The van der Waals surface area contributed by atoms with Crippen molar-refractivity contribution in [2.45, 2.75) is 37.3 Å². The third-order valence-electron chi connectivity index (χ3n) is 5.52.